The van der Waals surface area contributed by atoms with Gasteiger partial charge in [-0.25, -0.2) is 23.3 Å². The number of hydrogen-bond acceptors (Lipinski definition) is 6. The summed E-state index contributed by atoms with van der Waals surface area (Å²) in [6, 6.07) is 18.0. The van der Waals surface area contributed by atoms with E-state index in [-0.39, 0.29) is 0 Å². The van der Waals surface area contributed by atoms with Gasteiger partial charge < -0.3 is 10.1 Å². The summed E-state index contributed by atoms with van der Waals surface area (Å²) in [6.07, 6.45) is 4.43. The highest BCUT2D eigenvalue weighted by atomic mass is 32.2. The average molecular weight is 465 g/mol. The van der Waals surface area contributed by atoms with Gasteiger partial charge in [0.1, 0.15) is 11.0 Å². The fourth-order valence-electron chi connectivity index (χ4n) is 4.01. The normalized spacial score (nSPS) is 16.7. The van der Waals surface area contributed by atoms with Crippen LogP contribution >= 0.6 is 0 Å². The quantitative estimate of drug-likeness (QED) is 0.530. The Morgan fingerprint density at radius 1 is 1.06 bits per heavy atom. The summed E-state index contributed by atoms with van der Waals surface area (Å²) in [7, 11) is -1.20. The highest BCUT2D eigenvalue weighted by Crippen LogP contribution is 2.36. The lowest BCUT2D eigenvalue weighted by atomic mass is 9.81. The Labute approximate surface area is 196 Å². The van der Waals surface area contributed by atoms with Gasteiger partial charge in [-0.05, 0) is 44.4 Å². The molecule has 1 aliphatic rings. The lowest BCUT2D eigenvalue weighted by molar-refractivity contribution is 0.0525. The highest BCUT2D eigenvalue weighted by Gasteiger charge is 2.38. The molecule has 0 amide bonds. The molecular formula is C25H28N4O3S. The van der Waals surface area contributed by atoms with E-state index in [4.69, 9.17) is 4.74 Å². The second-order valence-corrected chi connectivity index (χ2v) is 9.57. The van der Waals surface area contributed by atoms with E-state index in [1.165, 1.54) is 12.4 Å². The van der Waals surface area contributed by atoms with Crippen LogP contribution in [0.2, 0.25) is 0 Å². The molecule has 172 valence electrons. The van der Waals surface area contributed by atoms with E-state index in [9.17, 15) is 9.00 Å². The van der Waals surface area contributed by atoms with E-state index in [0.717, 1.165) is 28.9 Å². The molecule has 2 aromatic carbocycles. The summed E-state index contributed by atoms with van der Waals surface area (Å²) in [6.45, 7) is 5.40. The van der Waals surface area contributed by atoms with E-state index in [1.807, 2.05) is 53.7 Å². The zero-order valence-corrected chi connectivity index (χ0v) is 19.7. The molecule has 1 aromatic heterocycles. The molecule has 1 aliphatic heterocycles. The van der Waals surface area contributed by atoms with Gasteiger partial charge >= 0.3 is 5.97 Å². The maximum atomic E-state index is 13.1. The number of aryl methyl sites for hydroxylation is 1. The van der Waals surface area contributed by atoms with Crippen LogP contribution in [0.5, 0.6) is 0 Å². The van der Waals surface area contributed by atoms with Crippen molar-refractivity contribution in [2.75, 3.05) is 25.0 Å². The van der Waals surface area contributed by atoms with Crippen LogP contribution in [-0.2, 0) is 21.3 Å². The second kappa shape index (κ2) is 10.2. The van der Waals surface area contributed by atoms with Crippen molar-refractivity contribution < 1.29 is 13.7 Å². The number of piperidine rings is 1. The molecule has 1 unspecified atom stereocenters. The van der Waals surface area contributed by atoms with Crippen molar-refractivity contribution in [1.82, 2.24) is 14.3 Å². The number of nitrogens with zero attached hydrogens (tertiary/aromatic N) is 3. The third-order valence-corrected chi connectivity index (χ3v) is 7.38. The van der Waals surface area contributed by atoms with Gasteiger partial charge in [0.2, 0.25) is 5.95 Å². The molecule has 0 saturated carbocycles. The van der Waals surface area contributed by atoms with E-state index < -0.39 is 22.5 Å². The first-order chi connectivity index (χ1) is 16.0. The summed E-state index contributed by atoms with van der Waals surface area (Å²) in [5.41, 5.74) is 2.19. The van der Waals surface area contributed by atoms with Crippen LogP contribution in [0.1, 0.15) is 41.3 Å². The van der Waals surface area contributed by atoms with Crippen LogP contribution in [0.4, 0.5) is 5.95 Å². The first kappa shape index (κ1) is 23.1. The third kappa shape index (κ3) is 5.29. The standard InChI is InChI=1S/C25H28N4O3S/c1-3-32-23(30)20-17-26-24(27-18-20)28-25(21-7-5-4-6-8-21)13-15-29(16-14-25)33(31)22-11-9-19(2)10-12-22/h4-12,17-18H,3,13-16H2,1-2H3,(H,26,27,28). The Morgan fingerprint density at radius 3 is 2.30 bits per heavy atom. The van der Waals surface area contributed by atoms with E-state index in [2.05, 4.69) is 27.4 Å². The maximum Gasteiger partial charge on any atom is 0.341 e. The van der Waals surface area contributed by atoms with Crippen molar-refractivity contribution in [3.8, 4) is 0 Å². The number of aromatic nitrogens is 2. The molecule has 0 aliphatic carbocycles. The van der Waals surface area contributed by atoms with E-state index >= 15 is 0 Å². The second-order valence-electron chi connectivity index (χ2n) is 8.08. The van der Waals surface area contributed by atoms with Crippen molar-refractivity contribution in [2.45, 2.75) is 37.1 Å². The smallest absolute Gasteiger partial charge is 0.341 e. The number of ether oxygens (including phenoxy) is 1. The SMILES string of the molecule is CCOC(=O)c1cnc(NC2(c3ccccc3)CCN(S(=O)c3ccc(C)cc3)CC2)nc1. The lowest BCUT2D eigenvalue weighted by Gasteiger charge is -2.42. The Bertz CT molecular complexity index is 1100. The molecule has 0 spiro atoms. The number of carbonyl (C=O) groups is 1. The fourth-order valence-corrected chi connectivity index (χ4v) is 5.19. The third-order valence-electron chi connectivity index (χ3n) is 5.87. The van der Waals surface area contributed by atoms with Crippen LogP contribution in [-0.4, -0.2) is 44.1 Å². The molecule has 7 nitrogen and oxygen atoms in total. The van der Waals surface area contributed by atoms with Gasteiger partial charge in [-0.1, -0.05) is 48.0 Å². The minimum absolute atomic E-state index is 0.302. The molecule has 1 fully saturated rings. The molecule has 3 aromatic rings. The number of benzene rings is 2. The van der Waals surface area contributed by atoms with Gasteiger partial charge in [-0.2, -0.15) is 0 Å². The predicted octanol–water partition coefficient (Wildman–Crippen LogP) is 4.09. The van der Waals surface area contributed by atoms with Gasteiger partial charge in [0, 0.05) is 25.5 Å². The first-order valence-corrected chi connectivity index (χ1v) is 12.2. The first-order valence-electron chi connectivity index (χ1n) is 11.1. The molecular weight excluding hydrogens is 436 g/mol. The van der Waals surface area contributed by atoms with Gasteiger partial charge in [0.05, 0.1) is 22.6 Å². The fraction of sp³-hybridized carbons (Fsp3) is 0.320. The monoisotopic (exact) mass is 464 g/mol. The van der Waals surface area contributed by atoms with Crippen LogP contribution in [0.25, 0.3) is 0 Å². The average Bonchev–Trinajstić information content (AvgIpc) is 2.86. The Balaban J connectivity index is 1.53. The Hall–Kier alpha value is -3.10. The minimum atomic E-state index is -1.20. The van der Waals surface area contributed by atoms with Crippen LogP contribution in [0.3, 0.4) is 0 Å². The predicted molar refractivity (Wildman–Crippen MR) is 128 cm³/mol. The van der Waals surface area contributed by atoms with Gasteiger partial charge in [-0.3, -0.25) is 0 Å². The van der Waals surface area contributed by atoms with Crippen molar-refractivity contribution in [2.24, 2.45) is 0 Å². The zero-order chi connectivity index (χ0) is 23.3. The zero-order valence-electron chi connectivity index (χ0n) is 18.9. The van der Waals surface area contributed by atoms with Crippen molar-refractivity contribution in [3.63, 3.8) is 0 Å². The number of esters is 1. The van der Waals surface area contributed by atoms with Gasteiger partial charge in [0.15, 0.2) is 0 Å². The van der Waals surface area contributed by atoms with E-state index in [1.54, 1.807) is 6.92 Å². The number of rotatable bonds is 7. The van der Waals surface area contributed by atoms with E-state index in [0.29, 0.717) is 31.2 Å². The largest absolute Gasteiger partial charge is 0.462 e. The maximum absolute atomic E-state index is 13.1. The topological polar surface area (TPSA) is 84.4 Å². The molecule has 1 N–H and O–H groups in total. The molecule has 4 rings (SSSR count). The van der Waals surface area contributed by atoms with Gasteiger partial charge in [0.25, 0.3) is 0 Å². The summed E-state index contributed by atoms with van der Waals surface area (Å²) < 4.78 is 20.1. The minimum Gasteiger partial charge on any atom is -0.462 e. The summed E-state index contributed by atoms with van der Waals surface area (Å²) >= 11 is 0. The lowest BCUT2D eigenvalue weighted by Crippen LogP contribution is -2.47. The molecule has 1 saturated heterocycles. The summed E-state index contributed by atoms with van der Waals surface area (Å²) in [4.78, 5) is 21.4. The summed E-state index contributed by atoms with van der Waals surface area (Å²) in [5.74, 6) is 0.00808. The molecule has 0 bridgehead atoms. The highest BCUT2D eigenvalue weighted by molar-refractivity contribution is 7.82. The molecule has 1 atom stereocenters. The van der Waals surface area contributed by atoms with Crippen LogP contribution < -0.4 is 5.32 Å². The van der Waals surface area contributed by atoms with Crippen molar-refractivity contribution in [3.05, 3.63) is 83.7 Å². The molecule has 33 heavy (non-hydrogen) atoms. The summed E-state index contributed by atoms with van der Waals surface area (Å²) in [5, 5.41) is 3.52. The number of nitrogens with one attached hydrogen (secondary N) is 1. The van der Waals surface area contributed by atoms with Crippen molar-refractivity contribution >= 4 is 22.9 Å². The number of carbonyl (C=O) groups excluding carboxylic acids is 1. The number of hydrogen-bond donors (Lipinski definition) is 1. The van der Waals surface area contributed by atoms with Crippen LogP contribution in [0, 0.1) is 6.92 Å². The molecule has 2 heterocycles. The Kier molecular flexibility index (Phi) is 7.15. The Morgan fingerprint density at radius 2 is 1.70 bits per heavy atom. The van der Waals surface area contributed by atoms with Gasteiger partial charge in [-0.15, -0.1) is 0 Å². The van der Waals surface area contributed by atoms with Crippen molar-refractivity contribution in [1.29, 1.82) is 0 Å². The molecule has 8 heteroatoms. The number of anilines is 1. The van der Waals surface area contributed by atoms with Crippen LogP contribution in [0.15, 0.2) is 71.9 Å². The molecule has 0 radical (unpaired) electrons.